The Kier molecular flexibility index (Phi) is 8.86. The summed E-state index contributed by atoms with van der Waals surface area (Å²) in [6.45, 7) is 3.39. The van der Waals surface area contributed by atoms with Gasteiger partial charge < -0.3 is 15.1 Å². The Balaban J connectivity index is 1.78. The Morgan fingerprint density at radius 3 is 2.68 bits per heavy atom. The molecule has 1 N–H and O–H groups in total. The summed E-state index contributed by atoms with van der Waals surface area (Å²) in [5.41, 5.74) is 1.07. The van der Waals surface area contributed by atoms with Crippen LogP contribution in [0.4, 0.5) is 0 Å². The molecule has 0 spiro atoms. The van der Waals surface area contributed by atoms with Crippen molar-refractivity contribution >= 4 is 35.1 Å². The van der Waals surface area contributed by atoms with Crippen LogP contribution in [0.5, 0.6) is 0 Å². The maximum absolute atomic E-state index is 12.3. The van der Waals surface area contributed by atoms with Crippen molar-refractivity contribution in [3.63, 3.8) is 0 Å². The fourth-order valence-corrected chi connectivity index (χ4v) is 3.85. The number of aliphatic imine (C=N–C) groups is 1. The van der Waals surface area contributed by atoms with E-state index in [1.165, 1.54) is 0 Å². The number of nitrogens with zero attached hydrogens (tertiary/aromatic N) is 4. The molecule has 1 amide bonds. The number of likely N-dealkylation sites (N-methyl/N-ethyl adjacent to an activating group) is 1. The molecule has 8 heteroatoms. The van der Waals surface area contributed by atoms with Crippen LogP contribution in [-0.4, -0.2) is 80.4 Å². The van der Waals surface area contributed by atoms with Crippen LogP contribution in [0, 0.1) is 0 Å². The van der Waals surface area contributed by atoms with E-state index in [1.807, 2.05) is 44.2 Å². The number of nitrogens with one attached hydrogen (secondary N) is 1. The van der Waals surface area contributed by atoms with Gasteiger partial charge in [0.1, 0.15) is 0 Å². The highest BCUT2D eigenvalue weighted by atomic mass is 35.5. The number of hydrogen-bond donors (Lipinski definition) is 1. The molecule has 6 nitrogen and oxygen atoms in total. The number of guanidine groups is 1. The second-order valence-corrected chi connectivity index (χ2v) is 8.17. The molecule has 2 rings (SSSR count). The standard InChI is InChI=1S/C20H31Cl2N5O/c1-23-20(26(4)14-15-8-9-16(21)17(22)13-15)24-10-6-12-27-11-5-7-18(27)19(28)25(2)3/h8-9,13,18H,5-7,10-12,14H2,1-4H3,(H,23,24). The topological polar surface area (TPSA) is 51.2 Å². The predicted octanol–water partition coefficient (Wildman–Crippen LogP) is 2.94. The summed E-state index contributed by atoms with van der Waals surface area (Å²) in [6.07, 6.45) is 3.00. The smallest absolute Gasteiger partial charge is 0.239 e. The van der Waals surface area contributed by atoms with E-state index in [1.54, 1.807) is 11.9 Å². The molecule has 1 aliphatic heterocycles. The molecule has 0 radical (unpaired) electrons. The molecule has 0 saturated carbocycles. The second kappa shape index (κ2) is 10.9. The van der Waals surface area contributed by atoms with Gasteiger partial charge in [-0.05, 0) is 43.5 Å². The van der Waals surface area contributed by atoms with E-state index in [0.29, 0.717) is 16.6 Å². The van der Waals surface area contributed by atoms with Crippen molar-refractivity contribution in [1.82, 2.24) is 20.0 Å². The molecule has 0 aromatic heterocycles. The number of halogens is 2. The van der Waals surface area contributed by atoms with Gasteiger partial charge in [-0.1, -0.05) is 29.3 Å². The van der Waals surface area contributed by atoms with Crippen molar-refractivity contribution in [3.8, 4) is 0 Å². The van der Waals surface area contributed by atoms with Crippen molar-refractivity contribution in [3.05, 3.63) is 33.8 Å². The maximum atomic E-state index is 12.3. The molecule has 1 aromatic rings. The molecule has 1 heterocycles. The van der Waals surface area contributed by atoms with E-state index in [2.05, 4.69) is 15.2 Å². The Morgan fingerprint density at radius 2 is 2.04 bits per heavy atom. The molecule has 156 valence electrons. The monoisotopic (exact) mass is 427 g/mol. The van der Waals surface area contributed by atoms with Crippen LogP contribution in [0.15, 0.2) is 23.2 Å². The Morgan fingerprint density at radius 1 is 1.29 bits per heavy atom. The van der Waals surface area contributed by atoms with Gasteiger partial charge in [0, 0.05) is 47.8 Å². The quantitative estimate of drug-likeness (QED) is 0.412. The minimum absolute atomic E-state index is 0.0339. The molecule has 1 unspecified atom stereocenters. The number of likely N-dealkylation sites (tertiary alicyclic amines) is 1. The van der Waals surface area contributed by atoms with Gasteiger partial charge in [0.15, 0.2) is 5.96 Å². The average molecular weight is 428 g/mol. The molecule has 1 aromatic carbocycles. The van der Waals surface area contributed by atoms with Crippen LogP contribution in [0.25, 0.3) is 0 Å². The SMILES string of the molecule is CN=C(NCCCN1CCCC1C(=O)N(C)C)N(C)Cc1ccc(Cl)c(Cl)c1. The van der Waals surface area contributed by atoms with Gasteiger partial charge in [0.25, 0.3) is 0 Å². The number of carbonyl (C=O) groups is 1. The summed E-state index contributed by atoms with van der Waals surface area (Å²) in [7, 11) is 7.42. The van der Waals surface area contributed by atoms with Crippen LogP contribution < -0.4 is 5.32 Å². The zero-order valence-corrected chi connectivity index (χ0v) is 18.7. The first-order chi connectivity index (χ1) is 13.3. The first-order valence-corrected chi connectivity index (χ1v) is 10.4. The van der Waals surface area contributed by atoms with Crippen LogP contribution in [0.3, 0.4) is 0 Å². The highest BCUT2D eigenvalue weighted by Gasteiger charge is 2.30. The van der Waals surface area contributed by atoms with Gasteiger partial charge >= 0.3 is 0 Å². The Bertz CT molecular complexity index is 695. The molecule has 1 atom stereocenters. The highest BCUT2D eigenvalue weighted by Crippen LogP contribution is 2.23. The lowest BCUT2D eigenvalue weighted by atomic mass is 10.2. The van der Waals surface area contributed by atoms with Gasteiger partial charge in [0.05, 0.1) is 16.1 Å². The van der Waals surface area contributed by atoms with Gasteiger partial charge in [-0.25, -0.2) is 0 Å². The minimum Gasteiger partial charge on any atom is -0.356 e. The van der Waals surface area contributed by atoms with E-state index in [9.17, 15) is 4.79 Å². The number of hydrogen-bond acceptors (Lipinski definition) is 3. The number of benzene rings is 1. The minimum atomic E-state index is 0.0339. The number of amides is 1. The molecule has 0 aliphatic carbocycles. The van der Waals surface area contributed by atoms with Gasteiger partial charge in [0.2, 0.25) is 5.91 Å². The Labute approximate surface area is 178 Å². The zero-order valence-electron chi connectivity index (χ0n) is 17.2. The summed E-state index contributed by atoms with van der Waals surface area (Å²) in [5, 5.41) is 4.52. The normalized spacial score (nSPS) is 17.6. The molecule has 0 bridgehead atoms. The van der Waals surface area contributed by atoms with Crippen molar-refractivity contribution in [2.45, 2.75) is 31.8 Å². The Hall–Kier alpha value is -1.50. The fraction of sp³-hybridized carbons (Fsp3) is 0.600. The average Bonchev–Trinajstić information content (AvgIpc) is 3.12. The van der Waals surface area contributed by atoms with Crippen LogP contribution >= 0.6 is 23.2 Å². The first-order valence-electron chi connectivity index (χ1n) is 9.64. The summed E-state index contributed by atoms with van der Waals surface area (Å²) in [4.78, 5) is 22.7. The predicted molar refractivity (Wildman–Crippen MR) is 117 cm³/mol. The van der Waals surface area contributed by atoms with E-state index in [0.717, 1.165) is 50.4 Å². The number of rotatable bonds is 7. The lowest BCUT2D eigenvalue weighted by Crippen LogP contribution is -2.44. The lowest BCUT2D eigenvalue weighted by molar-refractivity contribution is -0.133. The van der Waals surface area contributed by atoms with Gasteiger partial charge in [-0.3, -0.25) is 14.7 Å². The van der Waals surface area contributed by atoms with Crippen molar-refractivity contribution in [1.29, 1.82) is 0 Å². The van der Waals surface area contributed by atoms with E-state index in [4.69, 9.17) is 23.2 Å². The van der Waals surface area contributed by atoms with Crippen molar-refractivity contribution < 1.29 is 4.79 Å². The largest absolute Gasteiger partial charge is 0.356 e. The fourth-order valence-electron chi connectivity index (χ4n) is 3.53. The van der Waals surface area contributed by atoms with Crippen LogP contribution in [0.2, 0.25) is 10.0 Å². The van der Waals surface area contributed by atoms with Gasteiger partial charge in [-0.2, -0.15) is 0 Å². The van der Waals surface area contributed by atoms with E-state index >= 15 is 0 Å². The summed E-state index contributed by atoms with van der Waals surface area (Å²) in [5.74, 6) is 1.04. The number of carbonyl (C=O) groups excluding carboxylic acids is 1. The molecule has 1 aliphatic rings. The maximum Gasteiger partial charge on any atom is 0.239 e. The lowest BCUT2D eigenvalue weighted by Gasteiger charge is -2.26. The van der Waals surface area contributed by atoms with E-state index < -0.39 is 0 Å². The third kappa shape index (κ3) is 6.26. The summed E-state index contributed by atoms with van der Waals surface area (Å²) >= 11 is 12.1. The van der Waals surface area contributed by atoms with Crippen molar-refractivity contribution in [2.75, 3.05) is 47.8 Å². The first kappa shape index (κ1) is 22.8. The molecule has 1 fully saturated rings. The highest BCUT2D eigenvalue weighted by molar-refractivity contribution is 6.42. The van der Waals surface area contributed by atoms with Crippen LogP contribution in [-0.2, 0) is 11.3 Å². The molecular formula is C20H31Cl2N5O. The molecule has 1 saturated heterocycles. The van der Waals surface area contributed by atoms with Crippen molar-refractivity contribution in [2.24, 2.45) is 4.99 Å². The molecule has 28 heavy (non-hydrogen) atoms. The summed E-state index contributed by atoms with van der Waals surface area (Å²) < 4.78 is 0. The third-order valence-electron chi connectivity index (χ3n) is 4.97. The van der Waals surface area contributed by atoms with E-state index in [-0.39, 0.29) is 11.9 Å². The second-order valence-electron chi connectivity index (χ2n) is 7.36. The van der Waals surface area contributed by atoms with Gasteiger partial charge in [-0.15, -0.1) is 0 Å². The summed E-state index contributed by atoms with van der Waals surface area (Å²) in [6, 6.07) is 5.69. The zero-order chi connectivity index (χ0) is 20.7. The third-order valence-corrected chi connectivity index (χ3v) is 5.71. The van der Waals surface area contributed by atoms with Crippen LogP contribution in [0.1, 0.15) is 24.8 Å². The molecular weight excluding hydrogens is 397 g/mol.